The average Bonchev–Trinajstić information content (AvgIpc) is 3.42. The highest BCUT2D eigenvalue weighted by atomic mass is 32.1. The van der Waals surface area contributed by atoms with Crippen LogP contribution < -0.4 is 5.32 Å². The number of carbonyl (C=O) groups excluding carboxylic acids is 1. The van der Waals surface area contributed by atoms with Gasteiger partial charge in [0.1, 0.15) is 5.01 Å². The molecule has 2 aromatic rings. The minimum atomic E-state index is -0.141. The van der Waals surface area contributed by atoms with Gasteiger partial charge >= 0.3 is 0 Å². The van der Waals surface area contributed by atoms with Crippen LogP contribution >= 0.6 is 11.3 Å². The normalized spacial score (nSPS) is 32.5. The quantitative estimate of drug-likeness (QED) is 0.736. The predicted octanol–water partition coefficient (Wildman–Crippen LogP) is 3.94. The first-order valence-corrected chi connectivity index (χ1v) is 12.9. The summed E-state index contributed by atoms with van der Waals surface area (Å²) in [6, 6.07) is 0. The molecule has 0 radical (unpaired) electrons. The molecule has 1 amide bonds. The van der Waals surface area contributed by atoms with E-state index in [0.717, 1.165) is 35.9 Å². The van der Waals surface area contributed by atoms with Crippen LogP contribution in [0, 0.1) is 17.8 Å². The molecule has 0 unspecified atom stereocenters. The maximum Gasteiger partial charge on any atom is 0.260 e. The zero-order valence-electron chi connectivity index (χ0n) is 18.1. The van der Waals surface area contributed by atoms with Crippen molar-refractivity contribution >= 4 is 22.4 Å². The van der Waals surface area contributed by atoms with Crippen molar-refractivity contribution in [2.24, 2.45) is 17.8 Å². The highest BCUT2D eigenvalue weighted by Gasteiger charge is 2.53. The number of amides is 1. The number of hydrogen-bond donors (Lipinski definition) is 1. The first kappa shape index (κ1) is 19.9. The molecule has 3 heterocycles. The fourth-order valence-electron chi connectivity index (χ4n) is 7.06. The Bertz CT molecular complexity index is 910. The van der Waals surface area contributed by atoms with Gasteiger partial charge in [-0.25, -0.2) is 0 Å². The van der Waals surface area contributed by atoms with E-state index in [9.17, 15) is 4.79 Å². The van der Waals surface area contributed by atoms with E-state index in [1.165, 1.54) is 70.9 Å². The Morgan fingerprint density at radius 1 is 1.03 bits per heavy atom. The molecule has 7 nitrogen and oxygen atoms in total. The molecular weight excluding hydrogens is 408 g/mol. The van der Waals surface area contributed by atoms with Gasteiger partial charge in [0.2, 0.25) is 5.13 Å². The summed E-state index contributed by atoms with van der Waals surface area (Å²) < 4.78 is 1.88. The highest BCUT2D eigenvalue weighted by molar-refractivity contribution is 7.15. The molecule has 5 fully saturated rings. The van der Waals surface area contributed by atoms with Gasteiger partial charge in [0, 0.05) is 18.2 Å². The van der Waals surface area contributed by atoms with Gasteiger partial charge in [0.25, 0.3) is 5.91 Å². The molecule has 7 rings (SSSR count). The van der Waals surface area contributed by atoms with Crippen molar-refractivity contribution in [1.29, 1.82) is 0 Å². The van der Waals surface area contributed by atoms with Gasteiger partial charge in [-0.15, -0.1) is 10.2 Å². The van der Waals surface area contributed by atoms with Crippen molar-refractivity contribution in [3.05, 3.63) is 23.0 Å². The molecule has 1 N–H and O–H groups in total. The molecule has 31 heavy (non-hydrogen) atoms. The number of aromatic nitrogens is 4. The van der Waals surface area contributed by atoms with E-state index in [1.807, 2.05) is 10.9 Å². The van der Waals surface area contributed by atoms with Crippen LogP contribution in [-0.4, -0.2) is 50.4 Å². The van der Waals surface area contributed by atoms with Gasteiger partial charge in [0.05, 0.1) is 18.3 Å². The summed E-state index contributed by atoms with van der Waals surface area (Å²) in [4.78, 5) is 15.2. The molecule has 4 saturated carbocycles. The minimum absolute atomic E-state index is 0.141. The third-order valence-electron chi connectivity index (χ3n) is 8.13. The number of rotatable bonds is 6. The minimum Gasteiger partial charge on any atom is -0.301 e. The number of anilines is 1. The summed E-state index contributed by atoms with van der Waals surface area (Å²) in [6.07, 6.45) is 15.5. The van der Waals surface area contributed by atoms with Crippen LogP contribution in [0.25, 0.3) is 0 Å². The second-order valence-corrected chi connectivity index (χ2v) is 11.4. The van der Waals surface area contributed by atoms with Crippen LogP contribution in [0.3, 0.4) is 0 Å². The molecule has 2 aromatic heterocycles. The number of nitrogens with zero attached hydrogens (tertiary/aromatic N) is 5. The Balaban J connectivity index is 1.08. The van der Waals surface area contributed by atoms with Crippen molar-refractivity contribution in [1.82, 2.24) is 24.9 Å². The first-order chi connectivity index (χ1) is 15.1. The van der Waals surface area contributed by atoms with Gasteiger partial charge in [-0.2, -0.15) is 5.10 Å². The van der Waals surface area contributed by atoms with Crippen LogP contribution in [0.5, 0.6) is 0 Å². The zero-order valence-corrected chi connectivity index (χ0v) is 18.9. The smallest absolute Gasteiger partial charge is 0.260 e. The predicted molar refractivity (Wildman–Crippen MR) is 120 cm³/mol. The van der Waals surface area contributed by atoms with Gasteiger partial charge in [0.15, 0.2) is 0 Å². The van der Waals surface area contributed by atoms with E-state index in [4.69, 9.17) is 0 Å². The van der Waals surface area contributed by atoms with E-state index < -0.39 is 0 Å². The Kier molecular flexibility index (Phi) is 5.10. The molecule has 0 aromatic carbocycles. The summed E-state index contributed by atoms with van der Waals surface area (Å²) in [6.45, 7) is 4.17. The standard InChI is InChI=1S/C23H32N6OS/c30-20(19-14-24-29(15-19)7-6-28-4-2-1-3-5-28)25-22-27-26-21(31-22)23-11-16-8-17(12-23)10-18(9-16)13-23/h14-18H,1-13H2,(H,25,27,30). The van der Waals surface area contributed by atoms with Crippen LogP contribution in [0.15, 0.2) is 12.4 Å². The van der Waals surface area contributed by atoms with E-state index in [1.54, 1.807) is 17.5 Å². The maximum absolute atomic E-state index is 12.8. The van der Waals surface area contributed by atoms with Gasteiger partial charge < -0.3 is 4.90 Å². The largest absolute Gasteiger partial charge is 0.301 e. The molecule has 5 aliphatic rings. The van der Waals surface area contributed by atoms with Crippen LogP contribution in [-0.2, 0) is 12.0 Å². The van der Waals surface area contributed by atoms with E-state index in [0.29, 0.717) is 10.7 Å². The van der Waals surface area contributed by atoms with Crippen molar-refractivity contribution in [2.45, 2.75) is 69.7 Å². The van der Waals surface area contributed by atoms with E-state index in [2.05, 4.69) is 25.5 Å². The first-order valence-electron chi connectivity index (χ1n) is 12.1. The zero-order chi connectivity index (χ0) is 20.8. The lowest BCUT2D eigenvalue weighted by Crippen LogP contribution is -2.48. The van der Waals surface area contributed by atoms with Crippen LogP contribution in [0.2, 0.25) is 0 Å². The fourth-order valence-corrected chi connectivity index (χ4v) is 8.02. The molecule has 0 atom stereocenters. The average molecular weight is 441 g/mol. The Labute approximate surface area is 187 Å². The van der Waals surface area contributed by atoms with E-state index in [-0.39, 0.29) is 11.3 Å². The molecule has 4 bridgehead atoms. The lowest BCUT2D eigenvalue weighted by Gasteiger charge is -2.55. The maximum atomic E-state index is 12.8. The SMILES string of the molecule is O=C(Nc1nnc(C23CC4CC(CC(C4)C2)C3)s1)c1cnn(CCN2CCCCC2)c1. The topological polar surface area (TPSA) is 75.9 Å². The second-order valence-electron chi connectivity index (χ2n) is 10.5. The van der Waals surface area contributed by atoms with Gasteiger partial charge in [-0.3, -0.25) is 14.8 Å². The number of piperidine rings is 1. The Morgan fingerprint density at radius 3 is 2.45 bits per heavy atom. The number of nitrogens with one attached hydrogen (secondary N) is 1. The molecule has 1 aliphatic heterocycles. The van der Waals surface area contributed by atoms with Crippen molar-refractivity contribution < 1.29 is 4.79 Å². The summed E-state index contributed by atoms with van der Waals surface area (Å²) in [7, 11) is 0. The summed E-state index contributed by atoms with van der Waals surface area (Å²) in [5, 5.41) is 18.1. The lowest BCUT2D eigenvalue weighted by atomic mass is 9.50. The van der Waals surface area contributed by atoms with E-state index >= 15 is 0 Å². The van der Waals surface area contributed by atoms with Crippen molar-refractivity contribution in [2.75, 3.05) is 25.0 Å². The number of likely N-dealkylation sites (tertiary alicyclic amines) is 1. The molecule has 1 saturated heterocycles. The monoisotopic (exact) mass is 440 g/mol. The molecule has 8 heteroatoms. The third kappa shape index (κ3) is 3.93. The van der Waals surface area contributed by atoms with Gasteiger partial charge in [-0.05, 0) is 82.2 Å². The molecule has 4 aliphatic carbocycles. The summed E-state index contributed by atoms with van der Waals surface area (Å²) in [5.74, 6) is 2.49. The summed E-state index contributed by atoms with van der Waals surface area (Å²) in [5.41, 5.74) is 0.819. The molecule has 166 valence electrons. The molecule has 0 spiro atoms. The lowest BCUT2D eigenvalue weighted by molar-refractivity contribution is -0.00555. The molecular formula is C23H32N6OS. The van der Waals surface area contributed by atoms with Crippen LogP contribution in [0.4, 0.5) is 5.13 Å². The van der Waals surface area contributed by atoms with Gasteiger partial charge in [-0.1, -0.05) is 17.8 Å². The third-order valence-corrected chi connectivity index (χ3v) is 9.21. The highest BCUT2D eigenvalue weighted by Crippen LogP contribution is 2.61. The van der Waals surface area contributed by atoms with Crippen molar-refractivity contribution in [3.8, 4) is 0 Å². The Morgan fingerprint density at radius 2 is 1.74 bits per heavy atom. The summed E-state index contributed by atoms with van der Waals surface area (Å²) >= 11 is 1.59. The second kappa shape index (κ2) is 7.96. The fraction of sp³-hybridized carbons (Fsp3) is 0.739. The number of hydrogen-bond acceptors (Lipinski definition) is 6. The van der Waals surface area contributed by atoms with Crippen LogP contribution in [0.1, 0.15) is 73.2 Å². The Hall–Kier alpha value is -1.80. The number of carbonyl (C=O) groups is 1. The van der Waals surface area contributed by atoms with Crippen molar-refractivity contribution in [3.63, 3.8) is 0 Å².